The smallest absolute Gasteiger partial charge is 0.266 e. The second-order valence-electron chi connectivity index (χ2n) is 4.31. The van der Waals surface area contributed by atoms with Crippen LogP contribution in [0.25, 0.3) is 6.08 Å². The van der Waals surface area contributed by atoms with Crippen molar-refractivity contribution in [2.45, 2.75) is 0 Å². The fourth-order valence-electron chi connectivity index (χ4n) is 1.97. The number of hydrogen-bond acceptors (Lipinski definition) is 5. The quantitative estimate of drug-likeness (QED) is 0.453. The maximum Gasteiger partial charge on any atom is 0.266 e. The number of ether oxygens (including phenoxy) is 2. The summed E-state index contributed by atoms with van der Waals surface area (Å²) in [4.78, 5) is 14.4. The van der Waals surface area contributed by atoms with Crippen molar-refractivity contribution in [2.75, 3.05) is 13.3 Å². The Morgan fingerprint density at radius 1 is 1.43 bits per heavy atom. The third kappa shape index (κ3) is 2.73. The molecule has 0 bridgehead atoms. The third-order valence-corrected chi connectivity index (χ3v) is 5.03. The molecule has 108 valence electrons. The van der Waals surface area contributed by atoms with Gasteiger partial charge in [0.15, 0.2) is 11.5 Å². The van der Waals surface area contributed by atoms with E-state index in [9.17, 15) is 4.79 Å². The molecule has 1 saturated heterocycles. The molecule has 3 rings (SSSR count). The summed E-state index contributed by atoms with van der Waals surface area (Å²) in [6.45, 7) is 4.27. The SMILES string of the molecule is C=CCN1C(=O)C(=Cc2cc3c(cc2Br)OCO3)SC1=S. The molecule has 1 fully saturated rings. The molecular weight excluding hydrogens is 374 g/mol. The normalized spacial score (nSPS) is 18.7. The highest BCUT2D eigenvalue weighted by atomic mass is 79.9. The molecule has 2 aliphatic rings. The number of hydrogen-bond donors (Lipinski definition) is 0. The number of fused-ring (bicyclic) bond motifs is 1. The van der Waals surface area contributed by atoms with Gasteiger partial charge in [-0.1, -0.05) is 46.0 Å². The minimum atomic E-state index is -0.102. The van der Waals surface area contributed by atoms with Crippen LogP contribution in [-0.4, -0.2) is 28.5 Å². The number of carbonyl (C=O) groups is 1. The molecule has 21 heavy (non-hydrogen) atoms. The van der Waals surface area contributed by atoms with E-state index in [-0.39, 0.29) is 12.7 Å². The van der Waals surface area contributed by atoms with Crippen LogP contribution in [-0.2, 0) is 4.79 Å². The highest BCUT2D eigenvalue weighted by Crippen LogP contribution is 2.39. The average molecular weight is 384 g/mol. The molecule has 0 radical (unpaired) electrons. The van der Waals surface area contributed by atoms with Crippen LogP contribution in [0.15, 0.2) is 34.2 Å². The van der Waals surface area contributed by atoms with Gasteiger partial charge in [0.05, 0.1) is 4.91 Å². The molecule has 0 N–H and O–H groups in total. The fourth-order valence-corrected chi connectivity index (χ4v) is 3.67. The van der Waals surface area contributed by atoms with Crippen LogP contribution < -0.4 is 9.47 Å². The van der Waals surface area contributed by atoms with E-state index >= 15 is 0 Å². The van der Waals surface area contributed by atoms with E-state index in [1.165, 1.54) is 16.7 Å². The first-order valence-corrected chi connectivity index (χ1v) is 8.07. The molecule has 1 amide bonds. The summed E-state index contributed by atoms with van der Waals surface area (Å²) in [5.74, 6) is 1.26. The Morgan fingerprint density at radius 2 is 2.14 bits per heavy atom. The molecule has 4 nitrogen and oxygen atoms in total. The van der Waals surface area contributed by atoms with E-state index in [0.717, 1.165) is 10.0 Å². The molecule has 0 spiro atoms. The van der Waals surface area contributed by atoms with Gasteiger partial charge in [0.2, 0.25) is 6.79 Å². The lowest BCUT2D eigenvalue weighted by Gasteiger charge is -2.10. The van der Waals surface area contributed by atoms with Crippen molar-refractivity contribution in [1.82, 2.24) is 4.90 Å². The van der Waals surface area contributed by atoms with E-state index < -0.39 is 0 Å². The maximum atomic E-state index is 12.3. The van der Waals surface area contributed by atoms with Crippen molar-refractivity contribution in [3.63, 3.8) is 0 Å². The predicted molar refractivity (Wildman–Crippen MR) is 90.3 cm³/mol. The first-order chi connectivity index (χ1) is 10.1. The molecule has 1 aromatic carbocycles. The van der Waals surface area contributed by atoms with Crippen LogP contribution in [0.2, 0.25) is 0 Å². The lowest BCUT2D eigenvalue weighted by Crippen LogP contribution is -2.27. The summed E-state index contributed by atoms with van der Waals surface area (Å²) < 4.78 is 12.0. The summed E-state index contributed by atoms with van der Waals surface area (Å²) >= 11 is 9.97. The van der Waals surface area contributed by atoms with Gasteiger partial charge in [-0.2, -0.15) is 0 Å². The van der Waals surface area contributed by atoms with Crippen molar-refractivity contribution in [1.29, 1.82) is 0 Å². The maximum absolute atomic E-state index is 12.3. The number of amides is 1. The van der Waals surface area contributed by atoms with Gasteiger partial charge in [-0.05, 0) is 23.8 Å². The molecule has 0 saturated carbocycles. The second-order valence-corrected chi connectivity index (χ2v) is 6.84. The Labute approximate surface area is 139 Å². The molecule has 0 aliphatic carbocycles. The zero-order valence-corrected chi connectivity index (χ0v) is 14.0. The van der Waals surface area contributed by atoms with Gasteiger partial charge in [0.1, 0.15) is 4.32 Å². The van der Waals surface area contributed by atoms with Crippen LogP contribution in [0.5, 0.6) is 11.5 Å². The number of rotatable bonds is 3. The third-order valence-electron chi connectivity index (χ3n) is 2.96. The molecule has 2 aliphatic heterocycles. The monoisotopic (exact) mass is 383 g/mol. The largest absolute Gasteiger partial charge is 0.454 e. The first kappa shape index (κ1) is 14.6. The van der Waals surface area contributed by atoms with Crippen molar-refractivity contribution < 1.29 is 14.3 Å². The summed E-state index contributed by atoms with van der Waals surface area (Å²) in [7, 11) is 0. The Hall–Kier alpha value is -1.31. The molecular formula is C14H10BrNO3S2. The van der Waals surface area contributed by atoms with Crippen LogP contribution in [0, 0.1) is 0 Å². The molecule has 0 atom stereocenters. The fraction of sp³-hybridized carbons (Fsp3) is 0.143. The number of carbonyl (C=O) groups excluding carboxylic acids is 1. The Kier molecular flexibility index (Phi) is 4.05. The highest BCUT2D eigenvalue weighted by molar-refractivity contribution is 9.10. The molecule has 1 aromatic rings. The van der Waals surface area contributed by atoms with E-state index in [1.54, 1.807) is 12.2 Å². The number of halogens is 1. The van der Waals surface area contributed by atoms with E-state index in [2.05, 4.69) is 22.5 Å². The predicted octanol–water partition coefficient (Wildman–Crippen LogP) is 3.57. The van der Waals surface area contributed by atoms with Crippen LogP contribution in [0.4, 0.5) is 0 Å². The standard InChI is InChI=1S/C14H10BrNO3S2/c1-2-3-16-13(17)12(21-14(16)20)5-8-4-10-11(6-9(8)15)19-7-18-10/h2,4-6H,1,3,7H2. The highest BCUT2D eigenvalue weighted by Gasteiger charge is 2.31. The minimum absolute atomic E-state index is 0.102. The van der Waals surface area contributed by atoms with Crippen LogP contribution >= 0.6 is 39.9 Å². The number of nitrogens with zero attached hydrogens (tertiary/aromatic N) is 1. The first-order valence-electron chi connectivity index (χ1n) is 6.05. The molecule has 2 heterocycles. The summed E-state index contributed by atoms with van der Waals surface area (Å²) in [5, 5.41) is 0. The van der Waals surface area contributed by atoms with Gasteiger partial charge in [0.25, 0.3) is 5.91 Å². The summed E-state index contributed by atoms with van der Waals surface area (Å²) in [6.07, 6.45) is 3.46. The van der Waals surface area contributed by atoms with E-state index in [4.69, 9.17) is 21.7 Å². The van der Waals surface area contributed by atoms with Crippen molar-refractivity contribution in [3.8, 4) is 11.5 Å². The van der Waals surface area contributed by atoms with Gasteiger partial charge in [-0.15, -0.1) is 6.58 Å². The van der Waals surface area contributed by atoms with Gasteiger partial charge in [0, 0.05) is 11.0 Å². The average Bonchev–Trinajstić information content (AvgIpc) is 2.99. The van der Waals surface area contributed by atoms with Crippen LogP contribution in [0.3, 0.4) is 0 Å². The Bertz CT molecular complexity index is 687. The van der Waals surface area contributed by atoms with Crippen molar-refractivity contribution in [3.05, 3.63) is 39.7 Å². The Balaban J connectivity index is 1.94. The Morgan fingerprint density at radius 3 is 2.86 bits per heavy atom. The van der Waals surface area contributed by atoms with Gasteiger partial charge in [-0.25, -0.2) is 0 Å². The lowest BCUT2D eigenvalue weighted by molar-refractivity contribution is -0.121. The lowest BCUT2D eigenvalue weighted by atomic mass is 10.2. The summed E-state index contributed by atoms with van der Waals surface area (Å²) in [5.41, 5.74) is 0.846. The van der Waals surface area contributed by atoms with Crippen LogP contribution in [0.1, 0.15) is 5.56 Å². The zero-order chi connectivity index (χ0) is 15.0. The number of thioether (sulfide) groups is 1. The summed E-state index contributed by atoms with van der Waals surface area (Å²) in [6, 6.07) is 3.67. The van der Waals surface area contributed by atoms with E-state index in [1.807, 2.05) is 12.1 Å². The zero-order valence-electron chi connectivity index (χ0n) is 10.8. The molecule has 0 unspecified atom stereocenters. The topological polar surface area (TPSA) is 38.8 Å². The van der Waals surface area contributed by atoms with Crippen molar-refractivity contribution in [2.24, 2.45) is 0 Å². The van der Waals surface area contributed by atoms with E-state index in [0.29, 0.717) is 27.3 Å². The molecule has 7 heteroatoms. The number of benzene rings is 1. The second kappa shape index (κ2) is 5.82. The number of thiocarbonyl (C=S) groups is 1. The van der Waals surface area contributed by atoms with Gasteiger partial charge >= 0.3 is 0 Å². The minimum Gasteiger partial charge on any atom is -0.454 e. The van der Waals surface area contributed by atoms with Gasteiger partial charge in [-0.3, -0.25) is 9.69 Å². The van der Waals surface area contributed by atoms with Gasteiger partial charge < -0.3 is 9.47 Å². The molecule has 0 aromatic heterocycles. The van der Waals surface area contributed by atoms with Crippen molar-refractivity contribution >= 4 is 56.2 Å².